The van der Waals surface area contributed by atoms with Crippen LogP contribution in [-0.4, -0.2) is 30.4 Å². The highest BCUT2D eigenvalue weighted by atomic mass is 16.2. The third kappa shape index (κ3) is 1.27. The fraction of sp³-hybridized carbons (Fsp3) is 0.714. The molecule has 1 rings (SSSR count). The van der Waals surface area contributed by atoms with Crippen molar-refractivity contribution in [2.45, 2.75) is 6.92 Å². The molecule has 0 aliphatic carbocycles. The summed E-state index contributed by atoms with van der Waals surface area (Å²) in [6, 6.07) is 0. The van der Waals surface area contributed by atoms with Crippen LogP contribution in [0.3, 0.4) is 0 Å². The molecule has 1 aliphatic heterocycles. The molecule has 0 radical (unpaired) electrons. The van der Waals surface area contributed by atoms with E-state index in [9.17, 15) is 4.79 Å². The molecule has 1 heterocycles. The Morgan fingerprint density at radius 1 is 1.80 bits per heavy atom. The first-order valence-corrected chi connectivity index (χ1v) is 3.35. The number of rotatable bonds is 1. The van der Waals surface area contributed by atoms with Crippen LogP contribution in [0.5, 0.6) is 0 Å². The molecule has 10 heavy (non-hydrogen) atoms. The second kappa shape index (κ2) is 2.70. The third-order valence-corrected chi connectivity index (χ3v) is 1.63. The largest absolute Gasteiger partial charge is 0.336 e. The van der Waals surface area contributed by atoms with Gasteiger partial charge in [0.15, 0.2) is 0 Å². The minimum Gasteiger partial charge on any atom is -0.336 e. The van der Waals surface area contributed by atoms with Crippen molar-refractivity contribution in [3.05, 3.63) is 11.4 Å². The van der Waals surface area contributed by atoms with E-state index in [2.05, 4.69) is 11.8 Å². The van der Waals surface area contributed by atoms with Crippen molar-refractivity contribution < 1.29 is 4.79 Å². The number of carbonyl (C=O) groups excluding carboxylic acids is 1. The summed E-state index contributed by atoms with van der Waals surface area (Å²) in [4.78, 5) is 15.6. The molecule has 0 bridgehead atoms. The van der Waals surface area contributed by atoms with E-state index < -0.39 is 0 Å². The van der Waals surface area contributed by atoms with E-state index in [1.54, 1.807) is 4.90 Å². The third-order valence-electron chi connectivity index (χ3n) is 1.63. The second-order valence-electron chi connectivity index (χ2n) is 2.72. The van der Waals surface area contributed by atoms with Gasteiger partial charge >= 0.3 is 5.91 Å². The van der Waals surface area contributed by atoms with E-state index in [1.807, 2.05) is 0 Å². The summed E-state index contributed by atoms with van der Waals surface area (Å²) >= 11 is 0. The molecule has 1 saturated heterocycles. The number of likely N-dealkylation sites (tertiary alicyclic amines) is 1. The first-order valence-electron chi connectivity index (χ1n) is 3.35. The van der Waals surface area contributed by atoms with Crippen molar-refractivity contribution >= 4 is 5.91 Å². The van der Waals surface area contributed by atoms with Gasteiger partial charge in [-0.15, -0.1) is 0 Å². The number of hydrogen-bond acceptors (Lipinski definition) is 1. The molecular weight excluding hydrogens is 128 g/mol. The van der Waals surface area contributed by atoms with E-state index in [1.165, 1.54) is 0 Å². The fourth-order valence-corrected chi connectivity index (χ4v) is 1.07. The van der Waals surface area contributed by atoms with Crippen molar-refractivity contribution in [1.82, 2.24) is 4.90 Å². The Hall–Kier alpha value is -1.04. The van der Waals surface area contributed by atoms with Crippen molar-refractivity contribution in [3.8, 4) is 0 Å². The maximum absolute atomic E-state index is 10.9. The van der Waals surface area contributed by atoms with Gasteiger partial charge in [0, 0.05) is 13.1 Å². The Bertz CT molecular complexity index is 177. The van der Waals surface area contributed by atoms with Crippen molar-refractivity contribution in [2.75, 3.05) is 19.6 Å². The van der Waals surface area contributed by atoms with Gasteiger partial charge in [0.25, 0.3) is 6.54 Å². The SMILES string of the molecule is [C-]#[N+]CC(=O)N1CC(C)C1. The molecule has 1 aliphatic rings. The van der Waals surface area contributed by atoms with Crippen LogP contribution in [0, 0.1) is 12.5 Å². The summed E-state index contributed by atoms with van der Waals surface area (Å²) in [6.07, 6.45) is 0. The summed E-state index contributed by atoms with van der Waals surface area (Å²) in [7, 11) is 0. The number of amides is 1. The highest BCUT2D eigenvalue weighted by molar-refractivity contribution is 5.80. The van der Waals surface area contributed by atoms with E-state index in [4.69, 9.17) is 6.57 Å². The Kier molecular flexibility index (Phi) is 1.91. The van der Waals surface area contributed by atoms with E-state index in [0.717, 1.165) is 13.1 Å². The van der Waals surface area contributed by atoms with Gasteiger partial charge in [0.2, 0.25) is 0 Å². The molecular formula is C7H10N2O. The van der Waals surface area contributed by atoms with Crippen molar-refractivity contribution in [2.24, 2.45) is 5.92 Å². The average Bonchev–Trinajstić information content (AvgIpc) is 1.82. The maximum atomic E-state index is 10.9. The molecule has 0 N–H and O–H groups in total. The molecule has 0 aromatic carbocycles. The van der Waals surface area contributed by atoms with Gasteiger partial charge in [-0.25, -0.2) is 6.57 Å². The smallest absolute Gasteiger partial charge is 0.302 e. The van der Waals surface area contributed by atoms with Crippen LogP contribution < -0.4 is 0 Å². The van der Waals surface area contributed by atoms with Gasteiger partial charge in [-0.1, -0.05) is 6.92 Å². The second-order valence-corrected chi connectivity index (χ2v) is 2.72. The summed E-state index contributed by atoms with van der Waals surface area (Å²) in [6.45, 7) is 10.3. The molecule has 3 heteroatoms. The maximum Gasteiger partial charge on any atom is 0.302 e. The van der Waals surface area contributed by atoms with Crippen LogP contribution in [0.25, 0.3) is 4.85 Å². The summed E-state index contributed by atoms with van der Waals surface area (Å²) in [5.41, 5.74) is 0. The topological polar surface area (TPSA) is 24.7 Å². The summed E-state index contributed by atoms with van der Waals surface area (Å²) in [5, 5.41) is 0. The standard InChI is InChI=1S/C7H10N2O/c1-6-4-9(5-6)7(10)3-8-2/h6H,3-5H2,1H3. The Balaban J connectivity index is 2.26. The molecule has 3 nitrogen and oxygen atoms in total. The average molecular weight is 138 g/mol. The lowest BCUT2D eigenvalue weighted by atomic mass is 10.0. The molecule has 1 amide bonds. The van der Waals surface area contributed by atoms with Crippen molar-refractivity contribution in [1.29, 1.82) is 0 Å². The highest BCUT2D eigenvalue weighted by Gasteiger charge is 2.27. The van der Waals surface area contributed by atoms with E-state index in [-0.39, 0.29) is 12.5 Å². The monoisotopic (exact) mass is 138 g/mol. The lowest BCUT2D eigenvalue weighted by Crippen LogP contribution is -2.49. The first-order chi connectivity index (χ1) is 4.74. The van der Waals surface area contributed by atoms with Gasteiger partial charge in [-0.3, -0.25) is 4.79 Å². The van der Waals surface area contributed by atoms with Crippen LogP contribution in [0.2, 0.25) is 0 Å². The molecule has 54 valence electrons. The minimum atomic E-state index is -0.0203. The lowest BCUT2D eigenvalue weighted by molar-refractivity contribution is -0.134. The first kappa shape index (κ1) is 7.07. The predicted molar refractivity (Wildman–Crippen MR) is 37.2 cm³/mol. The lowest BCUT2D eigenvalue weighted by Gasteiger charge is -2.35. The van der Waals surface area contributed by atoms with Crippen LogP contribution in [0.15, 0.2) is 0 Å². The minimum absolute atomic E-state index is 0.0203. The van der Waals surface area contributed by atoms with Gasteiger partial charge in [0.05, 0.1) is 0 Å². The van der Waals surface area contributed by atoms with Crippen LogP contribution in [0.4, 0.5) is 0 Å². The fourth-order valence-electron chi connectivity index (χ4n) is 1.07. The Labute approximate surface area is 60.4 Å². The molecule has 0 atom stereocenters. The molecule has 0 spiro atoms. The quantitative estimate of drug-likeness (QED) is 0.481. The van der Waals surface area contributed by atoms with Gasteiger partial charge in [-0.2, -0.15) is 0 Å². The van der Waals surface area contributed by atoms with E-state index in [0.29, 0.717) is 5.92 Å². The zero-order valence-electron chi connectivity index (χ0n) is 6.00. The van der Waals surface area contributed by atoms with Gasteiger partial charge in [-0.05, 0) is 5.92 Å². The van der Waals surface area contributed by atoms with Gasteiger partial charge in [0.1, 0.15) is 0 Å². The van der Waals surface area contributed by atoms with E-state index >= 15 is 0 Å². The predicted octanol–water partition coefficient (Wildman–Crippen LogP) is 0.384. The molecule has 0 unspecified atom stereocenters. The Morgan fingerprint density at radius 2 is 2.40 bits per heavy atom. The molecule has 0 aromatic heterocycles. The summed E-state index contributed by atoms with van der Waals surface area (Å²) < 4.78 is 0. The van der Waals surface area contributed by atoms with Gasteiger partial charge < -0.3 is 9.74 Å². The van der Waals surface area contributed by atoms with Crippen LogP contribution in [0.1, 0.15) is 6.92 Å². The highest BCUT2D eigenvalue weighted by Crippen LogP contribution is 2.13. The molecule has 1 fully saturated rings. The number of hydrogen-bond donors (Lipinski definition) is 0. The zero-order valence-corrected chi connectivity index (χ0v) is 6.00. The normalized spacial score (nSPS) is 17.8. The van der Waals surface area contributed by atoms with Crippen LogP contribution >= 0.6 is 0 Å². The Morgan fingerprint density at radius 3 is 2.80 bits per heavy atom. The number of nitrogens with zero attached hydrogens (tertiary/aromatic N) is 2. The van der Waals surface area contributed by atoms with Crippen molar-refractivity contribution in [3.63, 3.8) is 0 Å². The zero-order chi connectivity index (χ0) is 7.56. The molecule has 0 saturated carbocycles. The van der Waals surface area contributed by atoms with Crippen LogP contribution in [-0.2, 0) is 4.79 Å². The summed E-state index contributed by atoms with van der Waals surface area (Å²) in [5.74, 6) is 0.614. The molecule has 0 aromatic rings. The number of carbonyl (C=O) groups is 1.